The minimum Gasteiger partial charge on any atom is -0.478 e. The first kappa shape index (κ1) is 18.9. The Morgan fingerprint density at radius 3 is 2.48 bits per heavy atom. The van der Waals surface area contributed by atoms with Crippen molar-refractivity contribution >= 4 is 45.5 Å². The average molecular weight is 402 g/mol. The number of amides is 1. The molecule has 0 fully saturated rings. The Labute approximate surface area is 164 Å². The van der Waals surface area contributed by atoms with Crippen LogP contribution in [0.15, 0.2) is 47.8 Å². The van der Waals surface area contributed by atoms with Gasteiger partial charge in [0, 0.05) is 28.2 Å². The van der Waals surface area contributed by atoms with Crippen LogP contribution in [0.2, 0.25) is 5.02 Å². The molecule has 1 heterocycles. The van der Waals surface area contributed by atoms with Crippen LogP contribution in [0.1, 0.15) is 26.3 Å². The van der Waals surface area contributed by atoms with Crippen LogP contribution in [0.25, 0.3) is 11.1 Å². The number of carbonyl (C=O) groups excluding carboxylic acids is 1. The third-order valence-corrected chi connectivity index (χ3v) is 5.20. The molecule has 0 aliphatic rings. The lowest BCUT2D eigenvalue weighted by atomic mass is 10.0. The van der Waals surface area contributed by atoms with Gasteiger partial charge in [-0.3, -0.25) is 4.79 Å². The lowest BCUT2D eigenvalue weighted by Gasteiger charge is -2.10. The van der Waals surface area contributed by atoms with Gasteiger partial charge in [-0.25, -0.2) is 4.79 Å². The molecule has 138 valence electrons. The number of halogens is 1. The summed E-state index contributed by atoms with van der Waals surface area (Å²) in [4.78, 5) is 24.5. The molecule has 1 aromatic heterocycles. The summed E-state index contributed by atoms with van der Waals surface area (Å²) in [7, 11) is 0. The van der Waals surface area contributed by atoms with Crippen molar-refractivity contribution in [3.63, 3.8) is 0 Å². The van der Waals surface area contributed by atoms with E-state index in [2.05, 4.69) is 5.32 Å². The van der Waals surface area contributed by atoms with E-state index in [1.54, 1.807) is 47.8 Å². The smallest absolute Gasteiger partial charge is 0.339 e. The summed E-state index contributed by atoms with van der Waals surface area (Å²) in [5.41, 5.74) is 14.0. The zero-order valence-electron chi connectivity index (χ0n) is 14.0. The zero-order valence-corrected chi connectivity index (χ0v) is 15.6. The predicted molar refractivity (Wildman–Crippen MR) is 108 cm³/mol. The van der Waals surface area contributed by atoms with E-state index in [1.807, 2.05) is 0 Å². The topological polar surface area (TPSA) is 118 Å². The van der Waals surface area contributed by atoms with E-state index in [0.717, 1.165) is 11.3 Å². The van der Waals surface area contributed by atoms with Gasteiger partial charge >= 0.3 is 5.97 Å². The maximum atomic E-state index is 12.6. The molecule has 3 aromatic rings. The predicted octanol–water partition coefficient (Wildman–Crippen LogP) is 4.06. The molecule has 6 N–H and O–H groups in total. The summed E-state index contributed by atoms with van der Waals surface area (Å²) in [6.45, 7) is 0.201. The van der Waals surface area contributed by atoms with Gasteiger partial charge in [0.15, 0.2) is 0 Å². The number of carboxylic acid groups (broad SMARTS) is 1. The van der Waals surface area contributed by atoms with Crippen LogP contribution >= 0.6 is 22.9 Å². The molecular weight excluding hydrogens is 386 g/mol. The van der Waals surface area contributed by atoms with E-state index in [1.165, 1.54) is 0 Å². The van der Waals surface area contributed by atoms with Crippen LogP contribution in [0.3, 0.4) is 0 Å². The highest BCUT2D eigenvalue weighted by molar-refractivity contribution is 7.15. The summed E-state index contributed by atoms with van der Waals surface area (Å²) in [5.74, 6) is -1.63. The Morgan fingerprint density at radius 2 is 1.85 bits per heavy atom. The Morgan fingerprint density at radius 1 is 1.15 bits per heavy atom. The summed E-state index contributed by atoms with van der Waals surface area (Å²) in [6.07, 6.45) is 0. The molecule has 0 bridgehead atoms. The molecule has 0 saturated heterocycles. The zero-order chi connectivity index (χ0) is 19.6. The van der Waals surface area contributed by atoms with Gasteiger partial charge in [0.2, 0.25) is 0 Å². The summed E-state index contributed by atoms with van der Waals surface area (Å²) < 4.78 is 0. The number of benzene rings is 2. The van der Waals surface area contributed by atoms with Crippen molar-refractivity contribution < 1.29 is 14.7 Å². The molecule has 27 heavy (non-hydrogen) atoms. The Kier molecular flexibility index (Phi) is 5.46. The third-order valence-electron chi connectivity index (χ3n) is 4.05. The molecular formula is C19H16ClN3O3S. The molecule has 0 atom stereocenters. The lowest BCUT2D eigenvalue weighted by Crippen LogP contribution is -2.16. The Balaban J connectivity index is 1.97. The van der Waals surface area contributed by atoms with E-state index in [9.17, 15) is 14.7 Å². The van der Waals surface area contributed by atoms with Crippen LogP contribution in [-0.2, 0) is 6.54 Å². The fraction of sp³-hybridized carbons (Fsp3) is 0.0526. The number of nitrogen functional groups attached to an aromatic ring is 1. The average Bonchev–Trinajstić information content (AvgIpc) is 3.06. The normalized spacial score (nSPS) is 10.6. The lowest BCUT2D eigenvalue weighted by molar-refractivity contribution is 0.0699. The van der Waals surface area contributed by atoms with E-state index in [4.69, 9.17) is 23.1 Å². The number of carboxylic acids is 1. The fourth-order valence-electron chi connectivity index (χ4n) is 2.66. The number of anilines is 2. The standard InChI is InChI=1S/C19H16ClN3O3S/c20-12-6-4-10(5-7-12)14-9-27-18(15(14)19(25)26)23-17(24)13-3-1-2-11(8-21)16(13)22/h1-7,9H,8,21-22H2,(H,23,24)(H,25,26). The van der Waals surface area contributed by atoms with Crippen LogP contribution in [0.4, 0.5) is 10.7 Å². The van der Waals surface area contributed by atoms with Gasteiger partial charge in [-0.1, -0.05) is 35.9 Å². The minimum absolute atomic E-state index is 0.0178. The molecule has 0 unspecified atom stereocenters. The van der Waals surface area contributed by atoms with Gasteiger partial charge in [0.25, 0.3) is 5.91 Å². The molecule has 0 aliphatic carbocycles. The van der Waals surface area contributed by atoms with Crippen molar-refractivity contribution in [3.8, 4) is 11.1 Å². The van der Waals surface area contributed by atoms with Gasteiger partial charge in [0.05, 0.1) is 5.56 Å². The van der Waals surface area contributed by atoms with Crippen molar-refractivity contribution in [2.24, 2.45) is 5.73 Å². The number of hydrogen-bond acceptors (Lipinski definition) is 5. The SMILES string of the molecule is NCc1cccc(C(=O)Nc2scc(-c3ccc(Cl)cc3)c2C(=O)O)c1N. The maximum Gasteiger partial charge on any atom is 0.339 e. The highest BCUT2D eigenvalue weighted by atomic mass is 35.5. The first-order chi connectivity index (χ1) is 12.9. The second-order valence-corrected chi connectivity index (χ2v) is 7.02. The molecule has 8 heteroatoms. The van der Waals surface area contributed by atoms with E-state index < -0.39 is 11.9 Å². The van der Waals surface area contributed by atoms with Crippen LogP contribution in [0.5, 0.6) is 0 Å². The number of hydrogen-bond donors (Lipinski definition) is 4. The largest absolute Gasteiger partial charge is 0.478 e. The highest BCUT2D eigenvalue weighted by Gasteiger charge is 2.22. The fourth-order valence-corrected chi connectivity index (χ4v) is 3.75. The van der Waals surface area contributed by atoms with E-state index >= 15 is 0 Å². The first-order valence-corrected chi connectivity index (χ1v) is 9.17. The summed E-state index contributed by atoms with van der Waals surface area (Å²) in [6, 6.07) is 11.8. The molecule has 2 aromatic carbocycles. The first-order valence-electron chi connectivity index (χ1n) is 7.92. The van der Waals surface area contributed by atoms with E-state index in [-0.39, 0.29) is 28.4 Å². The molecule has 0 aliphatic heterocycles. The van der Waals surface area contributed by atoms with Gasteiger partial charge in [-0.2, -0.15) is 0 Å². The van der Waals surface area contributed by atoms with Gasteiger partial charge in [-0.15, -0.1) is 11.3 Å². The number of para-hydroxylation sites is 1. The Hall–Kier alpha value is -2.87. The monoisotopic (exact) mass is 401 g/mol. The van der Waals surface area contributed by atoms with Crippen molar-refractivity contribution in [2.45, 2.75) is 6.54 Å². The van der Waals surface area contributed by atoms with Crippen molar-refractivity contribution in [1.29, 1.82) is 0 Å². The van der Waals surface area contributed by atoms with Gasteiger partial charge in [0.1, 0.15) is 10.6 Å². The third kappa shape index (κ3) is 3.80. The molecule has 0 radical (unpaired) electrons. The van der Waals surface area contributed by atoms with Crippen LogP contribution < -0.4 is 16.8 Å². The second kappa shape index (κ2) is 7.79. The molecule has 1 amide bonds. The van der Waals surface area contributed by atoms with Gasteiger partial charge < -0.3 is 21.9 Å². The van der Waals surface area contributed by atoms with Gasteiger partial charge in [-0.05, 0) is 29.3 Å². The van der Waals surface area contributed by atoms with Crippen LogP contribution in [-0.4, -0.2) is 17.0 Å². The quantitative estimate of drug-likeness (QED) is 0.481. The number of aromatic carboxylic acids is 1. The maximum absolute atomic E-state index is 12.6. The molecule has 3 rings (SSSR count). The number of carbonyl (C=O) groups is 2. The Bertz CT molecular complexity index is 1020. The molecule has 0 saturated carbocycles. The minimum atomic E-state index is -1.14. The van der Waals surface area contributed by atoms with Crippen molar-refractivity contribution in [2.75, 3.05) is 11.1 Å². The summed E-state index contributed by atoms with van der Waals surface area (Å²) in [5, 5.41) is 14.8. The number of nitrogens with one attached hydrogen (secondary N) is 1. The van der Waals surface area contributed by atoms with Crippen LogP contribution in [0, 0.1) is 0 Å². The number of rotatable bonds is 5. The van der Waals surface area contributed by atoms with Crippen molar-refractivity contribution in [3.05, 3.63) is 69.6 Å². The number of thiophene rings is 1. The van der Waals surface area contributed by atoms with E-state index in [0.29, 0.717) is 21.7 Å². The summed E-state index contributed by atoms with van der Waals surface area (Å²) >= 11 is 7.02. The highest BCUT2D eigenvalue weighted by Crippen LogP contribution is 2.36. The van der Waals surface area contributed by atoms with Crippen molar-refractivity contribution in [1.82, 2.24) is 0 Å². The second-order valence-electron chi connectivity index (χ2n) is 5.70. The molecule has 6 nitrogen and oxygen atoms in total. The molecule has 0 spiro atoms. The number of nitrogens with two attached hydrogens (primary N) is 2.